The van der Waals surface area contributed by atoms with Crippen molar-refractivity contribution in [3.05, 3.63) is 70.7 Å². The first-order chi connectivity index (χ1) is 17.9. The minimum absolute atomic E-state index is 0.00951. The summed E-state index contributed by atoms with van der Waals surface area (Å²) in [4.78, 5) is 5.76. The highest BCUT2D eigenvalue weighted by molar-refractivity contribution is 7.91. The molecule has 0 spiro atoms. The van der Waals surface area contributed by atoms with Gasteiger partial charge in [-0.2, -0.15) is 22.6 Å². The Morgan fingerprint density at radius 2 is 1.82 bits per heavy atom. The van der Waals surface area contributed by atoms with Crippen LogP contribution in [0.3, 0.4) is 0 Å². The Morgan fingerprint density at radius 3 is 2.47 bits per heavy atom. The number of hydrogen-bond donors (Lipinski definition) is 0. The van der Waals surface area contributed by atoms with E-state index >= 15 is 0 Å². The molecule has 1 atom stereocenters. The molecule has 7 nitrogen and oxygen atoms in total. The molecule has 1 saturated heterocycles. The average molecular weight is 568 g/mol. The van der Waals surface area contributed by atoms with E-state index in [-0.39, 0.29) is 36.2 Å². The van der Waals surface area contributed by atoms with Gasteiger partial charge in [-0.1, -0.05) is 0 Å². The SMILES string of the molecule is Cc1ncc(S(=O)(=O)N2CCN(CCC(F)(F)F)C(c3cc4cnn(-c5ccc(F)cc5)c4cc3C)C2)s1. The van der Waals surface area contributed by atoms with Crippen LogP contribution in [0.4, 0.5) is 17.6 Å². The standard InChI is InChI=1S/C25H25F4N5O2S2/c1-16-11-22-18(13-31-34(22)20-5-3-19(26)4-6-20)12-21(16)23-15-33(10-9-32(23)8-7-25(27,28)29)38(35,36)24-14-30-17(2)37-24/h3-6,11-14,23H,7-10,15H2,1-2H3. The lowest BCUT2D eigenvalue weighted by Crippen LogP contribution is -2.51. The van der Waals surface area contributed by atoms with Crippen molar-refractivity contribution >= 4 is 32.3 Å². The normalized spacial score (nSPS) is 17.9. The largest absolute Gasteiger partial charge is 0.390 e. The molecule has 1 aliphatic rings. The van der Waals surface area contributed by atoms with Gasteiger partial charge in [-0.05, 0) is 61.4 Å². The fraction of sp³-hybridized carbons (Fsp3) is 0.360. The molecule has 0 aliphatic carbocycles. The van der Waals surface area contributed by atoms with Crippen LogP contribution in [-0.2, 0) is 10.0 Å². The third-order valence-corrected chi connectivity index (χ3v) is 9.93. The number of fused-ring (bicyclic) bond motifs is 1. The number of halogens is 4. The van der Waals surface area contributed by atoms with Crippen LogP contribution in [0.15, 0.2) is 53.0 Å². The third kappa shape index (κ3) is 5.33. The summed E-state index contributed by atoms with van der Waals surface area (Å²) in [5.74, 6) is -0.368. The Morgan fingerprint density at radius 1 is 1.08 bits per heavy atom. The van der Waals surface area contributed by atoms with Crippen LogP contribution in [0, 0.1) is 19.7 Å². The van der Waals surface area contributed by atoms with E-state index in [1.54, 1.807) is 34.8 Å². The zero-order valence-corrected chi connectivity index (χ0v) is 22.2. The summed E-state index contributed by atoms with van der Waals surface area (Å²) in [6.45, 7) is 3.57. The summed E-state index contributed by atoms with van der Waals surface area (Å²) in [5.41, 5.74) is 2.94. The van der Waals surface area contributed by atoms with Gasteiger partial charge < -0.3 is 0 Å². The van der Waals surface area contributed by atoms with Gasteiger partial charge in [-0.15, -0.1) is 11.3 Å². The maximum absolute atomic E-state index is 13.4. The van der Waals surface area contributed by atoms with Crippen molar-refractivity contribution in [1.29, 1.82) is 0 Å². The third-order valence-electron chi connectivity index (χ3n) is 6.72. The number of rotatable bonds is 6. The lowest BCUT2D eigenvalue weighted by atomic mass is 9.96. The van der Waals surface area contributed by atoms with Gasteiger partial charge in [-0.25, -0.2) is 22.5 Å². The molecule has 1 unspecified atom stereocenters. The van der Waals surface area contributed by atoms with E-state index in [4.69, 9.17) is 0 Å². The van der Waals surface area contributed by atoms with E-state index in [1.807, 2.05) is 19.1 Å². The van der Waals surface area contributed by atoms with Gasteiger partial charge >= 0.3 is 6.18 Å². The quantitative estimate of drug-likeness (QED) is 0.298. The molecule has 0 amide bonds. The number of hydrogen-bond acceptors (Lipinski definition) is 6. The molecule has 5 rings (SSSR count). The molecule has 3 heterocycles. The zero-order valence-electron chi connectivity index (χ0n) is 20.6. The number of sulfonamides is 1. The average Bonchev–Trinajstić information content (AvgIpc) is 3.48. The van der Waals surface area contributed by atoms with Crippen molar-refractivity contribution in [3.63, 3.8) is 0 Å². The lowest BCUT2D eigenvalue weighted by Gasteiger charge is -2.41. The Hall–Kier alpha value is -2.87. The maximum atomic E-state index is 13.4. The van der Waals surface area contributed by atoms with Crippen molar-refractivity contribution in [2.45, 2.75) is 36.7 Å². The molecule has 0 radical (unpaired) electrons. The van der Waals surface area contributed by atoms with Crippen LogP contribution < -0.4 is 0 Å². The first-order valence-electron chi connectivity index (χ1n) is 11.9. The Balaban J connectivity index is 1.52. The van der Waals surface area contributed by atoms with E-state index in [0.717, 1.165) is 33.4 Å². The summed E-state index contributed by atoms with van der Waals surface area (Å²) in [6.07, 6.45) is -2.36. The number of alkyl halides is 3. The molecule has 2 aromatic heterocycles. The molecule has 1 fully saturated rings. The Bertz CT molecular complexity index is 1560. The molecule has 38 heavy (non-hydrogen) atoms. The van der Waals surface area contributed by atoms with Gasteiger partial charge in [0.25, 0.3) is 10.0 Å². The zero-order chi connectivity index (χ0) is 27.2. The fourth-order valence-corrected chi connectivity index (χ4v) is 7.48. The molecule has 1 aliphatic heterocycles. The van der Waals surface area contributed by atoms with Crippen LogP contribution in [-0.4, -0.2) is 64.7 Å². The van der Waals surface area contributed by atoms with E-state index in [9.17, 15) is 26.0 Å². The topological polar surface area (TPSA) is 71.3 Å². The summed E-state index contributed by atoms with van der Waals surface area (Å²) in [5, 5.41) is 5.78. The van der Waals surface area contributed by atoms with Gasteiger partial charge in [0, 0.05) is 37.6 Å². The van der Waals surface area contributed by atoms with Gasteiger partial charge in [0.05, 0.1) is 35.0 Å². The van der Waals surface area contributed by atoms with Crippen LogP contribution in [0.25, 0.3) is 16.6 Å². The van der Waals surface area contributed by atoms with Crippen molar-refractivity contribution in [2.75, 3.05) is 26.2 Å². The van der Waals surface area contributed by atoms with E-state index in [1.165, 1.54) is 22.6 Å². The molecule has 13 heteroatoms. The highest BCUT2D eigenvalue weighted by Gasteiger charge is 2.38. The minimum atomic E-state index is -4.33. The number of aromatic nitrogens is 3. The highest BCUT2D eigenvalue weighted by atomic mass is 32.2. The van der Waals surface area contributed by atoms with E-state index < -0.39 is 28.7 Å². The summed E-state index contributed by atoms with van der Waals surface area (Å²) >= 11 is 1.07. The molecule has 0 bridgehead atoms. The summed E-state index contributed by atoms with van der Waals surface area (Å²) in [7, 11) is -3.85. The second-order valence-electron chi connectivity index (χ2n) is 9.28. The van der Waals surface area contributed by atoms with E-state index in [0.29, 0.717) is 10.7 Å². The lowest BCUT2D eigenvalue weighted by molar-refractivity contribution is -0.140. The van der Waals surface area contributed by atoms with Crippen molar-refractivity contribution in [3.8, 4) is 5.69 Å². The van der Waals surface area contributed by atoms with Crippen LogP contribution >= 0.6 is 11.3 Å². The molecular weight excluding hydrogens is 542 g/mol. The predicted molar refractivity (Wildman–Crippen MR) is 136 cm³/mol. The fourth-order valence-electron chi connectivity index (χ4n) is 4.78. The van der Waals surface area contributed by atoms with Gasteiger partial charge in [-0.3, -0.25) is 4.90 Å². The van der Waals surface area contributed by atoms with Crippen molar-refractivity contribution in [2.24, 2.45) is 0 Å². The number of benzene rings is 2. The molecule has 2 aromatic carbocycles. The van der Waals surface area contributed by atoms with Crippen LogP contribution in [0.1, 0.15) is 28.6 Å². The predicted octanol–water partition coefficient (Wildman–Crippen LogP) is 5.24. The summed E-state index contributed by atoms with van der Waals surface area (Å²) < 4.78 is 82.6. The van der Waals surface area contributed by atoms with Gasteiger partial charge in [0.1, 0.15) is 5.82 Å². The van der Waals surface area contributed by atoms with Crippen LogP contribution in [0.5, 0.6) is 0 Å². The second-order valence-corrected chi connectivity index (χ2v) is 12.7. The molecule has 0 saturated carbocycles. The monoisotopic (exact) mass is 567 g/mol. The summed E-state index contributed by atoms with van der Waals surface area (Å²) in [6, 6.07) is 9.03. The maximum Gasteiger partial charge on any atom is 0.390 e. The van der Waals surface area contributed by atoms with Crippen LogP contribution in [0.2, 0.25) is 0 Å². The van der Waals surface area contributed by atoms with Crippen molar-refractivity contribution in [1.82, 2.24) is 24.0 Å². The van der Waals surface area contributed by atoms with Crippen molar-refractivity contribution < 1.29 is 26.0 Å². The first kappa shape index (κ1) is 26.7. The Kier molecular flexibility index (Phi) is 7.05. The minimum Gasteiger partial charge on any atom is -0.293 e. The Labute approximate surface area is 221 Å². The van der Waals surface area contributed by atoms with E-state index in [2.05, 4.69) is 10.1 Å². The number of thiazole rings is 1. The number of aryl methyl sites for hydroxylation is 2. The number of nitrogens with zero attached hydrogens (tertiary/aromatic N) is 5. The first-order valence-corrected chi connectivity index (χ1v) is 14.2. The molecule has 202 valence electrons. The molecule has 0 N–H and O–H groups in total. The number of piperazine rings is 1. The van der Waals surface area contributed by atoms with Gasteiger partial charge in [0.15, 0.2) is 4.21 Å². The second kappa shape index (κ2) is 10.0. The molecular formula is C25H25F4N5O2S2. The smallest absolute Gasteiger partial charge is 0.293 e. The molecule has 4 aromatic rings. The van der Waals surface area contributed by atoms with Gasteiger partial charge in [0.2, 0.25) is 0 Å². The highest BCUT2D eigenvalue weighted by Crippen LogP contribution is 2.35.